The smallest absolute Gasteiger partial charge is 0.261 e. The van der Waals surface area contributed by atoms with E-state index in [1.54, 1.807) is 18.6 Å². The number of hydrogen-bond acceptors (Lipinski definition) is 8. The number of nitrogens with zero attached hydrogens (tertiary/aromatic N) is 7. The Bertz CT molecular complexity index is 1330. The van der Waals surface area contributed by atoms with E-state index in [-0.39, 0.29) is 0 Å². The van der Waals surface area contributed by atoms with E-state index in [0.29, 0.717) is 19.1 Å². The molecule has 4 aromatic rings. The highest BCUT2D eigenvalue weighted by Crippen LogP contribution is 2.30. The fraction of sp³-hybridized carbons (Fsp3) is 0.357. The van der Waals surface area contributed by atoms with Crippen molar-refractivity contribution in [1.82, 2.24) is 29.6 Å². The zero-order valence-electron chi connectivity index (χ0n) is 21.9. The number of pyridine rings is 1. The van der Waals surface area contributed by atoms with Crippen molar-refractivity contribution in [1.29, 1.82) is 0 Å². The molecule has 1 N–H and O–H groups in total. The first-order valence-electron chi connectivity index (χ1n) is 13.1. The van der Waals surface area contributed by atoms with E-state index in [0.717, 1.165) is 66.6 Å². The number of ether oxygens (including phenoxy) is 1. The normalized spacial score (nSPS) is 14.2. The van der Waals surface area contributed by atoms with Gasteiger partial charge in [0.05, 0.1) is 12.3 Å². The van der Waals surface area contributed by atoms with Gasteiger partial charge in [-0.15, -0.1) is 0 Å². The number of hydrogen-bond donors (Lipinski definition) is 1. The number of nitrogens with one attached hydrogen (secondary N) is 1. The Morgan fingerprint density at radius 1 is 1.03 bits per heavy atom. The van der Waals surface area contributed by atoms with Crippen LogP contribution in [0.4, 0.5) is 26.1 Å². The molecule has 0 radical (unpaired) electrons. The van der Waals surface area contributed by atoms with Crippen LogP contribution in [0.25, 0.3) is 22.5 Å². The van der Waals surface area contributed by atoms with E-state index in [9.17, 15) is 8.78 Å². The van der Waals surface area contributed by atoms with Gasteiger partial charge in [0, 0.05) is 86.6 Å². The summed E-state index contributed by atoms with van der Waals surface area (Å²) in [5, 5.41) is 8.04. The molecule has 0 bridgehead atoms. The van der Waals surface area contributed by atoms with Gasteiger partial charge in [-0.05, 0) is 49.4 Å². The maximum Gasteiger partial charge on any atom is 0.261 e. The lowest BCUT2D eigenvalue weighted by atomic mass is 10.1. The molecule has 4 heterocycles. The van der Waals surface area contributed by atoms with E-state index in [1.807, 2.05) is 41.2 Å². The number of rotatable bonds is 11. The average Bonchev–Trinajstić information content (AvgIpc) is 3.42. The SMILES string of the molecule is CCn1cc(-c2ccnc(Nc3ccc(N4CCN(CCOCC(F)F)CC4)cc3)n2)c(-c2cccnc2)n1. The minimum absolute atomic E-state index is 0.333. The molecular formula is C28H32F2N8O. The third-order valence-corrected chi connectivity index (χ3v) is 6.61. The van der Waals surface area contributed by atoms with Gasteiger partial charge in [-0.1, -0.05) is 0 Å². The number of piperazine rings is 1. The molecule has 39 heavy (non-hydrogen) atoms. The Balaban J connectivity index is 1.21. The molecule has 5 rings (SSSR count). The van der Waals surface area contributed by atoms with Crippen LogP contribution in [0, 0.1) is 0 Å². The number of benzene rings is 1. The maximum atomic E-state index is 12.2. The average molecular weight is 535 g/mol. The molecule has 1 fully saturated rings. The quantitative estimate of drug-likeness (QED) is 0.280. The van der Waals surface area contributed by atoms with Gasteiger partial charge in [0.2, 0.25) is 5.95 Å². The largest absolute Gasteiger partial charge is 0.374 e. The van der Waals surface area contributed by atoms with Crippen LogP contribution in [0.15, 0.2) is 67.3 Å². The summed E-state index contributed by atoms with van der Waals surface area (Å²) in [6, 6.07) is 14.0. The molecule has 0 atom stereocenters. The summed E-state index contributed by atoms with van der Waals surface area (Å²) in [5.41, 5.74) is 5.49. The number of anilines is 3. The van der Waals surface area contributed by atoms with Crippen molar-refractivity contribution in [2.24, 2.45) is 0 Å². The highest BCUT2D eigenvalue weighted by Gasteiger charge is 2.18. The molecule has 0 saturated carbocycles. The highest BCUT2D eigenvalue weighted by atomic mass is 19.3. The summed E-state index contributed by atoms with van der Waals surface area (Å²) in [4.78, 5) is 18.0. The second-order valence-corrected chi connectivity index (χ2v) is 9.22. The lowest BCUT2D eigenvalue weighted by molar-refractivity contribution is 0.00939. The molecule has 0 spiro atoms. The Hall–Kier alpha value is -3.96. The molecule has 1 aromatic carbocycles. The van der Waals surface area contributed by atoms with Crippen LogP contribution in [0.1, 0.15) is 6.92 Å². The van der Waals surface area contributed by atoms with Gasteiger partial charge < -0.3 is 15.0 Å². The van der Waals surface area contributed by atoms with Gasteiger partial charge in [0.1, 0.15) is 12.3 Å². The van der Waals surface area contributed by atoms with Crippen LogP contribution < -0.4 is 10.2 Å². The van der Waals surface area contributed by atoms with E-state index in [2.05, 4.69) is 44.1 Å². The van der Waals surface area contributed by atoms with Gasteiger partial charge in [-0.25, -0.2) is 18.7 Å². The van der Waals surface area contributed by atoms with Crippen LogP contribution >= 0.6 is 0 Å². The Kier molecular flexibility index (Phi) is 8.69. The van der Waals surface area contributed by atoms with Gasteiger partial charge in [0.25, 0.3) is 6.43 Å². The Morgan fingerprint density at radius 2 is 1.85 bits per heavy atom. The monoisotopic (exact) mass is 534 g/mol. The van der Waals surface area contributed by atoms with Crippen LogP contribution in [-0.4, -0.2) is 82.0 Å². The number of aromatic nitrogens is 5. The topological polar surface area (TPSA) is 84.2 Å². The molecule has 1 saturated heterocycles. The maximum absolute atomic E-state index is 12.2. The summed E-state index contributed by atoms with van der Waals surface area (Å²) in [6.07, 6.45) is 4.88. The predicted octanol–water partition coefficient (Wildman–Crippen LogP) is 4.57. The molecule has 1 aliphatic heterocycles. The number of halogens is 2. The van der Waals surface area contributed by atoms with Crippen LogP contribution in [-0.2, 0) is 11.3 Å². The minimum atomic E-state index is -2.41. The van der Waals surface area contributed by atoms with Crippen LogP contribution in [0.3, 0.4) is 0 Å². The lowest BCUT2D eigenvalue weighted by Crippen LogP contribution is -2.47. The summed E-state index contributed by atoms with van der Waals surface area (Å²) >= 11 is 0. The molecule has 1 aliphatic rings. The Morgan fingerprint density at radius 3 is 2.56 bits per heavy atom. The minimum Gasteiger partial charge on any atom is -0.374 e. The van der Waals surface area contributed by atoms with E-state index >= 15 is 0 Å². The fourth-order valence-corrected chi connectivity index (χ4v) is 4.54. The molecule has 11 heteroatoms. The summed E-state index contributed by atoms with van der Waals surface area (Å²) in [7, 11) is 0. The van der Waals surface area contributed by atoms with Crippen molar-refractivity contribution < 1.29 is 13.5 Å². The van der Waals surface area contributed by atoms with Gasteiger partial charge in [0.15, 0.2) is 0 Å². The van der Waals surface area contributed by atoms with Crippen molar-refractivity contribution in [3.8, 4) is 22.5 Å². The van der Waals surface area contributed by atoms with Gasteiger partial charge >= 0.3 is 0 Å². The fourth-order valence-electron chi connectivity index (χ4n) is 4.54. The van der Waals surface area contributed by atoms with Crippen molar-refractivity contribution in [2.45, 2.75) is 19.9 Å². The first kappa shape index (κ1) is 26.6. The summed E-state index contributed by atoms with van der Waals surface area (Å²) in [5.74, 6) is 0.504. The van der Waals surface area contributed by atoms with E-state index in [1.165, 1.54) is 0 Å². The predicted molar refractivity (Wildman–Crippen MR) is 147 cm³/mol. The van der Waals surface area contributed by atoms with Gasteiger partial charge in [-0.2, -0.15) is 5.10 Å². The van der Waals surface area contributed by atoms with Crippen molar-refractivity contribution in [3.05, 3.63) is 67.3 Å². The number of alkyl halides is 2. The van der Waals surface area contributed by atoms with Crippen LogP contribution in [0.5, 0.6) is 0 Å². The second kappa shape index (κ2) is 12.7. The van der Waals surface area contributed by atoms with Gasteiger partial charge in [-0.3, -0.25) is 14.6 Å². The third-order valence-electron chi connectivity index (χ3n) is 6.61. The molecule has 0 amide bonds. The zero-order chi connectivity index (χ0) is 27.0. The zero-order valence-corrected chi connectivity index (χ0v) is 21.9. The van der Waals surface area contributed by atoms with Crippen LogP contribution in [0.2, 0.25) is 0 Å². The molecule has 204 valence electrons. The molecule has 3 aromatic heterocycles. The highest BCUT2D eigenvalue weighted by molar-refractivity contribution is 5.78. The first-order chi connectivity index (χ1) is 19.1. The summed E-state index contributed by atoms with van der Waals surface area (Å²) < 4.78 is 31.3. The molecule has 0 aliphatic carbocycles. The second-order valence-electron chi connectivity index (χ2n) is 9.22. The van der Waals surface area contributed by atoms with Crippen molar-refractivity contribution >= 4 is 17.3 Å². The standard InChI is InChI=1S/C28H32F2N8O/c1-2-38-19-24(27(35-38)21-4-3-10-31-18-21)25-9-11-32-28(34-25)33-22-5-7-23(8-6-22)37-14-12-36(13-15-37)16-17-39-20-26(29)30/h3-11,18-19,26H,2,12-17,20H2,1H3,(H,32,33,34). The van der Waals surface area contributed by atoms with Crippen molar-refractivity contribution in [3.63, 3.8) is 0 Å². The molecule has 0 unspecified atom stereocenters. The van der Waals surface area contributed by atoms with Crippen molar-refractivity contribution in [2.75, 3.05) is 56.2 Å². The van der Waals surface area contributed by atoms with E-state index in [4.69, 9.17) is 14.8 Å². The molecular weight excluding hydrogens is 502 g/mol. The summed E-state index contributed by atoms with van der Waals surface area (Å²) in [6.45, 7) is 6.80. The lowest BCUT2D eigenvalue weighted by Gasteiger charge is -2.36. The first-order valence-corrected chi connectivity index (χ1v) is 13.1. The molecule has 9 nitrogen and oxygen atoms in total. The third kappa shape index (κ3) is 6.92. The Labute approximate surface area is 226 Å². The van der Waals surface area contributed by atoms with E-state index < -0.39 is 13.0 Å². The number of aryl methyl sites for hydroxylation is 1.